The van der Waals surface area contributed by atoms with Crippen molar-refractivity contribution < 1.29 is 14.3 Å². The van der Waals surface area contributed by atoms with E-state index in [1.807, 2.05) is 0 Å². The maximum Gasteiger partial charge on any atom is 0.338 e. The molecule has 7 heteroatoms. The van der Waals surface area contributed by atoms with E-state index >= 15 is 0 Å². The first-order chi connectivity index (χ1) is 9.36. The molecular weight excluding hydrogens is 282 g/mol. The number of ether oxygens (including phenoxy) is 1. The van der Waals surface area contributed by atoms with Crippen molar-refractivity contribution in [2.75, 3.05) is 12.3 Å². The van der Waals surface area contributed by atoms with E-state index < -0.39 is 18.4 Å². The number of nitriles is 1. The summed E-state index contributed by atoms with van der Waals surface area (Å²) in [6.07, 6.45) is 0. The van der Waals surface area contributed by atoms with E-state index in [1.165, 1.54) is 25.1 Å². The van der Waals surface area contributed by atoms with Gasteiger partial charge in [-0.05, 0) is 25.1 Å². The minimum absolute atomic E-state index is 0.0734. The van der Waals surface area contributed by atoms with Crippen LogP contribution >= 0.6 is 11.6 Å². The SMILES string of the molecule is C/C(N)=C(/C#N)C(=O)COC(=O)c1ccc(Cl)c(N)c1. The smallest absolute Gasteiger partial charge is 0.338 e. The molecule has 0 heterocycles. The normalized spacial score (nSPS) is 11.2. The van der Waals surface area contributed by atoms with E-state index in [1.54, 1.807) is 6.07 Å². The Hall–Kier alpha value is -2.52. The minimum atomic E-state index is -0.742. The molecule has 0 aromatic heterocycles. The Kier molecular flexibility index (Phi) is 5.12. The topological polar surface area (TPSA) is 119 Å². The third-order valence-corrected chi connectivity index (χ3v) is 2.70. The van der Waals surface area contributed by atoms with Gasteiger partial charge in [0.05, 0.1) is 16.3 Å². The minimum Gasteiger partial charge on any atom is -0.454 e. The van der Waals surface area contributed by atoms with E-state index in [-0.39, 0.29) is 22.5 Å². The second-order valence-electron chi connectivity index (χ2n) is 3.91. The van der Waals surface area contributed by atoms with Crippen molar-refractivity contribution in [2.24, 2.45) is 5.73 Å². The Labute approximate surface area is 120 Å². The molecule has 20 heavy (non-hydrogen) atoms. The Bertz CT molecular complexity index is 628. The molecule has 0 unspecified atom stereocenters. The number of halogens is 1. The van der Waals surface area contributed by atoms with Gasteiger partial charge in [0.2, 0.25) is 5.78 Å². The zero-order valence-corrected chi connectivity index (χ0v) is 11.4. The van der Waals surface area contributed by atoms with Crippen molar-refractivity contribution in [1.82, 2.24) is 0 Å². The third-order valence-electron chi connectivity index (χ3n) is 2.35. The van der Waals surface area contributed by atoms with Crippen molar-refractivity contribution >= 4 is 29.0 Å². The molecule has 1 aromatic carbocycles. The molecule has 6 nitrogen and oxygen atoms in total. The summed E-state index contributed by atoms with van der Waals surface area (Å²) >= 11 is 5.72. The Morgan fingerprint density at radius 2 is 2.10 bits per heavy atom. The highest BCUT2D eigenvalue weighted by Crippen LogP contribution is 2.19. The number of esters is 1. The molecule has 0 saturated heterocycles. The van der Waals surface area contributed by atoms with Crippen molar-refractivity contribution in [2.45, 2.75) is 6.92 Å². The van der Waals surface area contributed by atoms with Gasteiger partial charge < -0.3 is 16.2 Å². The van der Waals surface area contributed by atoms with E-state index in [9.17, 15) is 9.59 Å². The maximum atomic E-state index is 11.7. The number of nitrogen functional groups attached to an aromatic ring is 1. The van der Waals surface area contributed by atoms with Gasteiger partial charge >= 0.3 is 5.97 Å². The van der Waals surface area contributed by atoms with Crippen LogP contribution in [-0.4, -0.2) is 18.4 Å². The Balaban J connectivity index is 2.74. The van der Waals surface area contributed by atoms with Crippen molar-refractivity contribution in [3.8, 4) is 6.07 Å². The van der Waals surface area contributed by atoms with Crippen LogP contribution in [0.15, 0.2) is 29.5 Å². The molecule has 0 aliphatic rings. The molecular formula is C13H12ClN3O3. The molecule has 0 amide bonds. The molecule has 1 rings (SSSR count). The number of anilines is 1. The summed E-state index contributed by atoms with van der Waals surface area (Å²) in [6.45, 7) is 0.844. The average molecular weight is 294 g/mol. The second kappa shape index (κ2) is 6.59. The number of carbonyl (C=O) groups is 2. The number of ketones is 1. The number of benzene rings is 1. The second-order valence-corrected chi connectivity index (χ2v) is 4.31. The van der Waals surface area contributed by atoms with Gasteiger partial charge in [0.1, 0.15) is 11.6 Å². The number of hydrogen-bond donors (Lipinski definition) is 2. The van der Waals surface area contributed by atoms with Crippen molar-refractivity contribution in [3.05, 3.63) is 40.1 Å². The number of rotatable bonds is 4. The number of allylic oxidation sites excluding steroid dienone is 1. The van der Waals surface area contributed by atoms with E-state index in [2.05, 4.69) is 0 Å². The molecule has 0 spiro atoms. The molecule has 1 aromatic rings. The first kappa shape index (κ1) is 15.5. The number of nitrogens with zero attached hydrogens (tertiary/aromatic N) is 1. The van der Waals surface area contributed by atoms with Crippen LogP contribution in [0.3, 0.4) is 0 Å². The lowest BCUT2D eigenvalue weighted by atomic mass is 10.1. The van der Waals surface area contributed by atoms with Gasteiger partial charge in [0.25, 0.3) is 0 Å². The summed E-state index contributed by atoms with van der Waals surface area (Å²) in [5.41, 5.74) is 11.1. The fourth-order valence-electron chi connectivity index (χ4n) is 1.33. The van der Waals surface area contributed by atoms with Crippen LogP contribution in [0, 0.1) is 11.3 Å². The molecule has 0 radical (unpaired) electrons. The lowest BCUT2D eigenvalue weighted by Gasteiger charge is -2.05. The summed E-state index contributed by atoms with van der Waals surface area (Å²) in [6, 6.07) is 5.86. The third kappa shape index (κ3) is 3.73. The lowest BCUT2D eigenvalue weighted by molar-refractivity contribution is -0.118. The standard InChI is InChI=1S/C13H12ClN3O3/c1-7(16)9(5-15)12(18)6-20-13(19)8-2-3-10(14)11(17)4-8/h2-4H,6,16-17H2,1H3/b9-7+. The van der Waals surface area contributed by atoms with E-state index in [4.69, 9.17) is 33.1 Å². The summed E-state index contributed by atoms with van der Waals surface area (Å²) in [5.74, 6) is -1.41. The summed E-state index contributed by atoms with van der Waals surface area (Å²) in [7, 11) is 0. The van der Waals surface area contributed by atoms with E-state index in [0.717, 1.165) is 0 Å². The molecule has 0 bridgehead atoms. The van der Waals surface area contributed by atoms with Crippen LogP contribution in [0.2, 0.25) is 5.02 Å². The van der Waals surface area contributed by atoms with E-state index in [0.29, 0.717) is 5.02 Å². The summed E-state index contributed by atoms with van der Waals surface area (Å²) in [4.78, 5) is 23.3. The highest BCUT2D eigenvalue weighted by atomic mass is 35.5. The molecule has 4 N–H and O–H groups in total. The molecule has 0 aliphatic carbocycles. The Morgan fingerprint density at radius 1 is 1.45 bits per heavy atom. The van der Waals surface area contributed by atoms with Crippen molar-refractivity contribution in [3.63, 3.8) is 0 Å². The molecule has 0 aliphatic heterocycles. The zero-order valence-electron chi connectivity index (χ0n) is 10.6. The van der Waals surface area contributed by atoms with Gasteiger partial charge in [-0.3, -0.25) is 4.79 Å². The molecule has 0 saturated carbocycles. The van der Waals surface area contributed by atoms with Crippen LogP contribution in [0.5, 0.6) is 0 Å². The van der Waals surface area contributed by atoms with Crippen LogP contribution in [0.4, 0.5) is 5.69 Å². The van der Waals surface area contributed by atoms with Gasteiger partial charge in [0.15, 0.2) is 6.61 Å². The number of carbonyl (C=O) groups excluding carboxylic acids is 2. The van der Waals surface area contributed by atoms with Gasteiger partial charge in [-0.2, -0.15) is 5.26 Å². The average Bonchev–Trinajstić information content (AvgIpc) is 2.39. The monoisotopic (exact) mass is 293 g/mol. The fraction of sp³-hybridized carbons (Fsp3) is 0.154. The molecule has 104 valence electrons. The fourth-order valence-corrected chi connectivity index (χ4v) is 1.45. The highest BCUT2D eigenvalue weighted by Gasteiger charge is 2.15. The number of Topliss-reactive ketones (excluding diaryl/α,β-unsaturated/α-hetero) is 1. The van der Waals surface area contributed by atoms with Crippen LogP contribution < -0.4 is 11.5 Å². The molecule has 0 fully saturated rings. The Morgan fingerprint density at radius 3 is 2.60 bits per heavy atom. The van der Waals surface area contributed by atoms with Gasteiger partial charge in [-0.15, -0.1) is 0 Å². The summed E-state index contributed by atoms with van der Waals surface area (Å²) in [5, 5.41) is 9.05. The zero-order chi connectivity index (χ0) is 15.3. The number of hydrogen-bond acceptors (Lipinski definition) is 6. The quantitative estimate of drug-likeness (QED) is 0.375. The van der Waals surface area contributed by atoms with Crippen LogP contribution in [-0.2, 0) is 9.53 Å². The van der Waals surface area contributed by atoms with Gasteiger partial charge in [-0.1, -0.05) is 11.6 Å². The predicted molar refractivity (Wildman–Crippen MR) is 73.7 cm³/mol. The largest absolute Gasteiger partial charge is 0.454 e. The first-order valence-corrected chi connectivity index (χ1v) is 5.86. The maximum absolute atomic E-state index is 11.7. The van der Waals surface area contributed by atoms with Crippen LogP contribution in [0.1, 0.15) is 17.3 Å². The van der Waals surface area contributed by atoms with Gasteiger partial charge in [0, 0.05) is 5.70 Å². The van der Waals surface area contributed by atoms with Crippen LogP contribution in [0.25, 0.3) is 0 Å². The number of nitrogens with two attached hydrogens (primary N) is 2. The lowest BCUT2D eigenvalue weighted by Crippen LogP contribution is -2.17. The molecule has 0 atom stereocenters. The summed E-state index contributed by atoms with van der Waals surface area (Å²) < 4.78 is 4.79. The predicted octanol–water partition coefficient (Wildman–Crippen LogP) is 1.40. The first-order valence-electron chi connectivity index (χ1n) is 5.48. The van der Waals surface area contributed by atoms with Crippen molar-refractivity contribution in [1.29, 1.82) is 5.26 Å². The highest BCUT2D eigenvalue weighted by molar-refractivity contribution is 6.33. The van der Waals surface area contributed by atoms with Gasteiger partial charge in [-0.25, -0.2) is 4.79 Å².